The van der Waals surface area contributed by atoms with Crippen molar-refractivity contribution in [1.82, 2.24) is 9.78 Å². The molecule has 1 aromatic heterocycles. The fourth-order valence-electron chi connectivity index (χ4n) is 4.23. The highest BCUT2D eigenvalue weighted by Gasteiger charge is 2.39. The van der Waals surface area contributed by atoms with Crippen LogP contribution < -0.4 is 9.21 Å². The number of nitrogens with zero attached hydrogens (tertiary/aromatic N) is 4. The number of alkyl halides is 3. The Morgan fingerprint density at radius 2 is 1.61 bits per heavy atom. The second kappa shape index (κ2) is 7.95. The number of rotatable bonds is 4. The predicted molar refractivity (Wildman–Crippen MR) is 119 cm³/mol. The number of sulfonamides is 1. The molecule has 10 heteroatoms. The third kappa shape index (κ3) is 3.88. The summed E-state index contributed by atoms with van der Waals surface area (Å²) in [5.74, 6) is -0.165. The van der Waals surface area contributed by atoms with Gasteiger partial charge in [-0.25, -0.2) is 17.4 Å². The van der Waals surface area contributed by atoms with Crippen LogP contribution >= 0.6 is 0 Å². The van der Waals surface area contributed by atoms with Crippen molar-refractivity contribution in [1.29, 1.82) is 0 Å². The molecule has 0 N–H and O–H groups in total. The van der Waals surface area contributed by atoms with Crippen LogP contribution in [0.3, 0.4) is 0 Å². The Morgan fingerprint density at radius 1 is 0.939 bits per heavy atom. The fourth-order valence-corrected chi connectivity index (χ4v) is 5.57. The molecule has 0 saturated carbocycles. The minimum Gasteiger partial charge on any atom is -0.372 e. The molecule has 2 aromatic carbocycles. The first-order valence-corrected chi connectivity index (χ1v) is 12.0. The molecule has 1 fully saturated rings. The van der Waals surface area contributed by atoms with E-state index in [2.05, 4.69) is 10.00 Å². The molecule has 3 heterocycles. The van der Waals surface area contributed by atoms with Crippen LogP contribution in [0.5, 0.6) is 0 Å². The van der Waals surface area contributed by atoms with Gasteiger partial charge in [0.15, 0.2) is 5.69 Å². The van der Waals surface area contributed by atoms with Crippen LogP contribution in [0, 0.1) is 0 Å². The topological polar surface area (TPSA) is 58.4 Å². The zero-order valence-electron chi connectivity index (χ0n) is 17.5. The number of benzene rings is 2. The monoisotopic (exact) mass is 474 g/mol. The Kier molecular flexibility index (Phi) is 5.19. The highest BCUT2D eigenvalue weighted by Crippen LogP contribution is 2.39. The molecule has 1 saturated heterocycles. The van der Waals surface area contributed by atoms with Gasteiger partial charge in [0.05, 0.1) is 10.9 Å². The van der Waals surface area contributed by atoms with E-state index in [0.717, 1.165) is 46.7 Å². The van der Waals surface area contributed by atoms with Gasteiger partial charge in [0.1, 0.15) is 5.82 Å². The molecule has 0 aliphatic carbocycles. The summed E-state index contributed by atoms with van der Waals surface area (Å²) in [6.45, 7) is 1.96. The van der Waals surface area contributed by atoms with Gasteiger partial charge in [-0.05, 0) is 48.7 Å². The molecule has 1 atom stereocenters. The van der Waals surface area contributed by atoms with Crippen LogP contribution in [0.15, 0.2) is 77.8 Å². The molecule has 5 rings (SSSR count). The van der Waals surface area contributed by atoms with Crippen molar-refractivity contribution in [2.24, 2.45) is 0 Å². The number of allylic oxidation sites excluding steroid dienone is 1. The Balaban J connectivity index is 1.56. The summed E-state index contributed by atoms with van der Waals surface area (Å²) in [4.78, 5) is 2.24. The third-order valence-electron chi connectivity index (χ3n) is 5.91. The van der Waals surface area contributed by atoms with Gasteiger partial charge in [0, 0.05) is 31.0 Å². The lowest BCUT2D eigenvalue weighted by Gasteiger charge is -2.29. The van der Waals surface area contributed by atoms with E-state index in [-0.39, 0.29) is 10.7 Å². The lowest BCUT2D eigenvalue weighted by Crippen LogP contribution is -2.32. The molecule has 33 heavy (non-hydrogen) atoms. The molecule has 2 aliphatic rings. The highest BCUT2D eigenvalue weighted by atomic mass is 32.2. The largest absolute Gasteiger partial charge is 0.435 e. The molecule has 3 aromatic rings. The smallest absolute Gasteiger partial charge is 0.372 e. The van der Waals surface area contributed by atoms with Crippen molar-refractivity contribution in [2.75, 3.05) is 22.3 Å². The number of fused-ring (bicyclic) bond motifs is 1. The standard InChI is InChI=1S/C23H21F3N4O2S/c24-23(25,26)21-16-22-29(33(31,32)19-6-2-1-3-7-19)15-12-20(30(22)27-21)17-8-10-18(11-9-17)28-13-4-5-14-28/h1-3,6-12,15-16,20H,4-5,13-14H2. The van der Waals surface area contributed by atoms with Gasteiger partial charge in [-0.15, -0.1) is 0 Å². The Labute approximate surface area is 189 Å². The second-order valence-electron chi connectivity index (χ2n) is 8.02. The van der Waals surface area contributed by atoms with E-state index in [1.54, 1.807) is 24.3 Å². The van der Waals surface area contributed by atoms with Gasteiger partial charge in [-0.1, -0.05) is 30.3 Å². The van der Waals surface area contributed by atoms with Crippen molar-refractivity contribution < 1.29 is 21.6 Å². The van der Waals surface area contributed by atoms with E-state index in [1.807, 2.05) is 24.3 Å². The fraction of sp³-hybridized carbons (Fsp3) is 0.261. The molecule has 0 bridgehead atoms. The third-order valence-corrected chi connectivity index (χ3v) is 7.60. The van der Waals surface area contributed by atoms with E-state index in [9.17, 15) is 21.6 Å². The van der Waals surface area contributed by atoms with Crippen LogP contribution in [-0.4, -0.2) is 31.3 Å². The van der Waals surface area contributed by atoms with Crippen molar-refractivity contribution in [3.8, 4) is 0 Å². The first-order valence-electron chi connectivity index (χ1n) is 10.5. The molecule has 1 unspecified atom stereocenters. The van der Waals surface area contributed by atoms with Crippen LogP contribution in [0.25, 0.3) is 0 Å². The van der Waals surface area contributed by atoms with Gasteiger partial charge >= 0.3 is 6.18 Å². The number of anilines is 2. The normalized spacial score (nSPS) is 18.6. The molecular weight excluding hydrogens is 453 g/mol. The summed E-state index contributed by atoms with van der Waals surface area (Å²) in [6.07, 6.45) is 0.409. The highest BCUT2D eigenvalue weighted by molar-refractivity contribution is 7.93. The summed E-state index contributed by atoms with van der Waals surface area (Å²) in [5, 5.41) is 3.76. The number of halogens is 3. The predicted octanol–water partition coefficient (Wildman–Crippen LogP) is 4.81. The minimum absolute atomic E-state index is 0.0237. The zero-order chi connectivity index (χ0) is 23.2. The van der Waals surface area contributed by atoms with E-state index in [4.69, 9.17) is 0 Å². The number of aromatic nitrogens is 2. The Hall–Kier alpha value is -3.27. The average molecular weight is 475 g/mol. The van der Waals surface area contributed by atoms with Crippen LogP contribution in [-0.2, 0) is 16.2 Å². The van der Waals surface area contributed by atoms with Crippen LogP contribution in [0.2, 0.25) is 0 Å². The minimum atomic E-state index is -4.71. The van der Waals surface area contributed by atoms with E-state index in [1.165, 1.54) is 18.3 Å². The first-order chi connectivity index (χ1) is 15.7. The summed E-state index contributed by atoms with van der Waals surface area (Å²) in [6, 6.07) is 15.3. The van der Waals surface area contributed by atoms with Gasteiger partial charge < -0.3 is 4.90 Å². The molecule has 172 valence electrons. The maximum Gasteiger partial charge on any atom is 0.435 e. The molecule has 0 spiro atoms. The second-order valence-corrected chi connectivity index (χ2v) is 9.83. The molecule has 0 radical (unpaired) electrons. The number of hydrogen-bond acceptors (Lipinski definition) is 4. The lowest BCUT2D eigenvalue weighted by molar-refractivity contribution is -0.141. The first kappa shape index (κ1) is 21.6. The average Bonchev–Trinajstić information content (AvgIpc) is 3.49. The van der Waals surface area contributed by atoms with Gasteiger partial charge in [0.25, 0.3) is 10.0 Å². The van der Waals surface area contributed by atoms with Gasteiger partial charge in [0.2, 0.25) is 0 Å². The van der Waals surface area contributed by atoms with Crippen molar-refractivity contribution in [3.05, 3.63) is 84.2 Å². The molecular formula is C23H21F3N4O2S. The Bertz CT molecular complexity index is 1280. The molecule has 2 aliphatic heterocycles. The van der Waals surface area contributed by atoms with Crippen molar-refractivity contribution in [3.63, 3.8) is 0 Å². The summed E-state index contributed by atoms with van der Waals surface area (Å²) in [7, 11) is -4.12. The van der Waals surface area contributed by atoms with Crippen LogP contribution in [0.4, 0.5) is 24.7 Å². The molecule has 6 nitrogen and oxygen atoms in total. The Morgan fingerprint density at radius 3 is 2.24 bits per heavy atom. The van der Waals surface area contributed by atoms with Crippen LogP contribution in [0.1, 0.15) is 30.1 Å². The maximum absolute atomic E-state index is 13.5. The van der Waals surface area contributed by atoms with Crippen molar-refractivity contribution >= 4 is 21.5 Å². The van der Waals surface area contributed by atoms with Crippen molar-refractivity contribution in [2.45, 2.75) is 30.0 Å². The quantitative estimate of drug-likeness (QED) is 0.544. The lowest BCUT2D eigenvalue weighted by atomic mass is 10.1. The van der Waals surface area contributed by atoms with E-state index >= 15 is 0 Å². The SMILES string of the molecule is O=S(=O)(c1ccccc1)N1C=CC(c2ccc(N3CCCC3)cc2)n2nc(C(F)(F)F)cc21. The molecule has 0 amide bonds. The van der Waals surface area contributed by atoms with Gasteiger partial charge in [-0.3, -0.25) is 0 Å². The van der Waals surface area contributed by atoms with E-state index in [0.29, 0.717) is 5.56 Å². The maximum atomic E-state index is 13.5. The number of hydrogen-bond donors (Lipinski definition) is 0. The summed E-state index contributed by atoms with van der Waals surface area (Å²) < 4.78 is 68.9. The summed E-state index contributed by atoms with van der Waals surface area (Å²) >= 11 is 0. The summed E-state index contributed by atoms with van der Waals surface area (Å²) in [5.41, 5.74) is 0.623. The zero-order valence-corrected chi connectivity index (χ0v) is 18.3. The van der Waals surface area contributed by atoms with E-state index < -0.39 is 27.9 Å². The van der Waals surface area contributed by atoms with Gasteiger partial charge in [-0.2, -0.15) is 18.3 Å².